The van der Waals surface area contributed by atoms with Crippen LogP contribution in [0.15, 0.2) is 17.1 Å². The number of carbonyl (C=O) groups excluding carboxylic acids is 1. The lowest BCUT2D eigenvalue weighted by Gasteiger charge is -2.15. The van der Waals surface area contributed by atoms with Gasteiger partial charge in [-0.05, 0) is 36.1 Å². The van der Waals surface area contributed by atoms with Gasteiger partial charge in [-0.1, -0.05) is 13.8 Å². The van der Waals surface area contributed by atoms with E-state index in [0.29, 0.717) is 5.69 Å². The molecule has 0 aliphatic rings. The van der Waals surface area contributed by atoms with E-state index in [4.69, 9.17) is 11.5 Å². The van der Waals surface area contributed by atoms with E-state index in [0.717, 1.165) is 29.7 Å². The van der Waals surface area contributed by atoms with Crippen LogP contribution < -0.4 is 22.1 Å². The second-order valence-corrected chi connectivity index (χ2v) is 4.11. The highest BCUT2D eigenvalue weighted by Crippen LogP contribution is 2.25. The molecule has 6 N–H and O–H groups in total. The van der Waals surface area contributed by atoms with E-state index < -0.39 is 6.03 Å². The zero-order chi connectivity index (χ0) is 14.4. The van der Waals surface area contributed by atoms with Gasteiger partial charge in [0, 0.05) is 18.4 Å². The van der Waals surface area contributed by atoms with Gasteiger partial charge in [0.25, 0.3) is 0 Å². The van der Waals surface area contributed by atoms with Crippen LogP contribution in [0.4, 0.5) is 16.2 Å². The van der Waals surface area contributed by atoms with Crippen LogP contribution in [0.3, 0.4) is 0 Å². The van der Waals surface area contributed by atoms with Crippen LogP contribution in [0.2, 0.25) is 0 Å². The van der Waals surface area contributed by atoms with Crippen molar-refractivity contribution in [1.82, 2.24) is 5.32 Å². The fraction of sp³-hybridized carbons (Fsp3) is 0.385. The maximum atomic E-state index is 11.8. The maximum absolute atomic E-state index is 11.8. The van der Waals surface area contributed by atoms with E-state index in [-0.39, 0.29) is 30.8 Å². The SMILES string of the molecule is CCc1cc(N)cc(CC)c1NC(=O)NC(N)=NC.Cl.Cl. The minimum absolute atomic E-state index is 0. The molecule has 1 aromatic carbocycles. The molecule has 0 heterocycles. The van der Waals surface area contributed by atoms with Crippen molar-refractivity contribution in [1.29, 1.82) is 0 Å². The summed E-state index contributed by atoms with van der Waals surface area (Å²) in [5.74, 6) is 0.0732. The van der Waals surface area contributed by atoms with Gasteiger partial charge in [0.2, 0.25) is 0 Å². The number of anilines is 2. The van der Waals surface area contributed by atoms with Crippen molar-refractivity contribution in [2.45, 2.75) is 26.7 Å². The molecule has 0 atom stereocenters. The number of guanidine groups is 1. The molecule has 1 rings (SSSR count). The van der Waals surface area contributed by atoms with Gasteiger partial charge >= 0.3 is 6.03 Å². The zero-order valence-corrected chi connectivity index (χ0v) is 14.0. The summed E-state index contributed by atoms with van der Waals surface area (Å²) in [5, 5.41) is 5.25. The second-order valence-electron chi connectivity index (χ2n) is 4.11. The van der Waals surface area contributed by atoms with Gasteiger partial charge in [-0.25, -0.2) is 4.79 Å². The van der Waals surface area contributed by atoms with E-state index >= 15 is 0 Å². The molecule has 1 aromatic rings. The summed E-state index contributed by atoms with van der Waals surface area (Å²) in [6.07, 6.45) is 1.57. The van der Waals surface area contributed by atoms with Gasteiger partial charge in [-0.2, -0.15) is 0 Å². The lowest BCUT2D eigenvalue weighted by atomic mass is 10.0. The third kappa shape index (κ3) is 6.10. The van der Waals surface area contributed by atoms with Crippen molar-refractivity contribution >= 4 is 48.2 Å². The zero-order valence-electron chi connectivity index (χ0n) is 12.4. The van der Waals surface area contributed by atoms with E-state index in [1.54, 1.807) is 0 Å². The molecular weight excluding hydrogens is 313 g/mol. The van der Waals surface area contributed by atoms with Crippen LogP contribution in [0.25, 0.3) is 0 Å². The van der Waals surface area contributed by atoms with Crippen LogP contribution in [0, 0.1) is 0 Å². The molecule has 0 aromatic heterocycles. The molecule has 0 aliphatic carbocycles. The van der Waals surface area contributed by atoms with Crippen molar-refractivity contribution in [3.63, 3.8) is 0 Å². The summed E-state index contributed by atoms with van der Waals surface area (Å²) in [4.78, 5) is 15.5. The monoisotopic (exact) mass is 335 g/mol. The molecule has 21 heavy (non-hydrogen) atoms. The first kappa shape index (κ1) is 21.6. The second kappa shape index (κ2) is 10.1. The van der Waals surface area contributed by atoms with E-state index in [1.165, 1.54) is 7.05 Å². The predicted octanol–water partition coefficient (Wildman–Crippen LogP) is 2.30. The fourth-order valence-electron chi connectivity index (χ4n) is 1.83. The summed E-state index contributed by atoms with van der Waals surface area (Å²) in [5.41, 5.74) is 14.8. The number of nitrogens with zero attached hydrogens (tertiary/aromatic N) is 1. The number of amides is 2. The molecule has 8 heteroatoms. The van der Waals surface area contributed by atoms with Gasteiger partial charge in [-0.3, -0.25) is 10.3 Å². The Labute approximate surface area is 137 Å². The molecule has 0 aliphatic heterocycles. The number of nitrogen functional groups attached to an aromatic ring is 1. The lowest BCUT2D eigenvalue weighted by Crippen LogP contribution is -2.39. The number of nitrogens with one attached hydrogen (secondary N) is 2. The Balaban J connectivity index is 0. The van der Waals surface area contributed by atoms with Gasteiger partial charge in [0.1, 0.15) is 0 Å². The van der Waals surface area contributed by atoms with Gasteiger partial charge < -0.3 is 16.8 Å². The highest BCUT2D eigenvalue weighted by atomic mass is 35.5. The van der Waals surface area contributed by atoms with E-state index in [2.05, 4.69) is 15.6 Å². The molecule has 0 fully saturated rings. The number of rotatable bonds is 3. The molecule has 0 bridgehead atoms. The fourth-order valence-corrected chi connectivity index (χ4v) is 1.83. The van der Waals surface area contributed by atoms with Crippen molar-refractivity contribution in [2.24, 2.45) is 10.7 Å². The molecule has 6 nitrogen and oxygen atoms in total. The molecule has 2 amide bonds. The molecule has 0 saturated carbocycles. The quantitative estimate of drug-likeness (QED) is 0.387. The Morgan fingerprint density at radius 1 is 1.19 bits per heavy atom. The van der Waals surface area contributed by atoms with Crippen LogP contribution >= 0.6 is 24.8 Å². The number of hydrogen-bond acceptors (Lipinski definition) is 3. The summed E-state index contributed by atoms with van der Waals surface area (Å²) < 4.78 is 0. The maximum Gasteiger partial charge on any atom is 0.326 e. The van der Waals surface area contributed by atoms with Crippen LogP contribution in [0.1, 0.15) is 25.0 Å². The Morgan fingerprint density at radius 3 is 2.05 bits per heavy atom. The number of carbonyl (C=O) groups is 1. The number of aliphatic imine (C=N–C) groups is 1. The topological polar surface area (TPSA) is 106 Å². The minimum Gasteiger partial charge on any atom is -0.399 e. The van der Waals surface area contributed by atoms with Crippen molar-refractivity contribution in [2.75, 3.05) is 18.1 Å². The number of nitrogens with two attached hydrogens (primary N) is 2. The predicted molar refractivity (Wildman–Crippen MR) is 93.8 cm³/mol. The third-order valence-corrected chi connectivity index (χ3v) is 2.81. The highest BCUT2D eigenvalue weighted by Gasteiger charge is 2.11. The number of aryl methyl sites for hydroxylation is 2. The third-order valence-electron chi connectivity index (χ3n) is 2.81. The average Bonchev–Trinajstić information content (AvgIpc) is 2.39. The largest absolute Gasteiger partial charge is 0.399 e. The molecule has 0 spiro atoms. The van der Waals surface area contributed by atoms with Gasteiger partial charge in [-0.15, -0.1) is 24.8 Å². The average molecular weight is 336 g/mol. The molecule has 0 unspecified atom stereocenters. The highest BCUT2D eigenvalue weighted by molar-refractivity contribution is 6.02. The first-order valence-electron chi connectivity index (χ1n) is 6.23. The summed E-state index contributed by atoms with van der Waals surface area (Å²) in [7, 11) is 1.51. The molecule has 120 valence electrons. The summed E-state index contributed by atoms with van der Waals surface area (Å²) >= 11 is 0. The van der Waals surface area contributed by atoms with Crippen molar-refractivity contribution in [3.05, 3.63) is 23.3 Å². The lowest BCUT2D eigenvalue weighted by molar-refractivity contribution is 0.256. The Hall–Kier alpha value is -1.66. The first-order valence-corrected chi connectivity index (χ1v) is 6.23. The first-order chi connectivity index (χ1) is 9.01. The van der Waals surface area contributed by atoms with Gasteiger partial charge in [0.05, 0.1) is 0 Å². The molecule has 0 saturated heterocycles. The number of hydrogen-bond donors (Lipinski definition) is 4. The number of halogens is 2. The summed E-state index contributed by atoms with van der Waals surface area (Å²) in [6.45, 7) is 4.03. The van der Waals surface area contributed by atoms with E-state index in [1.807, 2.05) is 26.0 Å². The minimum atomic E-state index is -0.405. The standard InChI is InChI=1S/C13H21N5O.2ClH/c1-4-8-6-10(14)7-9(5-2)11(8)17-13(19)18-12(15)16-3;;/h6-7H,4-5,14H2,1-3H3,(H4,15,16,17,18,19);2*1H. The molecular formula is C13H23Cl2N5O. The normalized spacial score (nSPS) is 10.1. The van der Waals surface area contributed by atoms with Crippen molar-refractivity contribution < 1.29 is 4.79 Å². The summed E-state index contributed by atoms with van der Waals surface area (Å²) in [6, 6.07) is 3.33. The van der Waals surface area contributed by atoms with Crippen LogP contribution in [0.5, 0.6) is 0 Å². The smallest absolute Gasteiger partial charge is 0.326 e. The molecule has 0 radical (unpaired) electrons. The van der Waals surface area contributed by atoms with Crippen LogP contribution in [-0.2, 0) is 12.8 Å². The Bertz CT molecular complexity index is 480. The van der Waals surface area contributed by atoms with Crippen LogP contribution in [-0.4, -0.2) is 19.0 Å². The van der Waals surface area contributed by atoms with E-state index in [9.17, 15) is 4.79 Å². The van der Waals surface area contributed by atoms with Gasteiger partial charge in [0.15, 0.2) is 5.96 Å². The number of benzene rings is 1. The number of urea groups is 1. The Morgan fingerprint density at radius 2 is 1.67 bits per heavy atom. The Kier molecular flexibility index (Phi) is 10.4. The van der Waals surface area contributed by atoms with Crippen molar-refractivity contribution in [3.8, 4) is 0 Å².